The maximum Gasteiger partial charge on any atom is 0.178 e. The van der Waals surface area contributed by atoms with Crippen molar-refractivity contribution < 1.29 is 9.47 Å². The molecule has 2 N–H and O–H groups in total. The molecule has 4 atom stereocenters. The van der Waals surface area contributed by atoms with Gasteiger partial charge in [0.05, 0.1) is 6.04 Å². The summed E-state index contributed by atoms with van der Waals surface area (Å²) >= 11 is 0. The van der Waals surface area contributed by atoms with Gasteiger partial charge in [0, 0.05) is 39.4 Å². The lowest BCUT2D eigenvalue weighted by Gasteiger charge is -2.34. The number of para-hydroxylation sites is 2. The van der Waals surface area contributed by atoms with E-state index in [1.54, 1.807) is 0 Å². The zero-order valence-corrected chi connectivity index (χ0v) is 33.3. The summed E-state index contributed by atoms with van der Waals surface area (Å²) in [6, 6.07) is 56.0. The van der Waals surface area contributed by atoms with Gasteiger partial charge in [-0.15, -0.1) is 0 Å². The molecule has 3 aliphatic heterocycles. The standard InChI is InChI=1S/C54H42N4O2/c1-54(2)42-23-11-8-21-41(42)48-43(54)31-32-47-50(48)60-46-26-14-22-39(49(46)59-47)36-17-6-7-20-40(36)53-56-51(33-15-4-3-5-16-33)55-52(57-53)34-27-29-35(30-28-34)58-44-24-12-9-18-37(44)38-19-10-13-25-45(38)58/h3-32,37,44,52-53,57H,1-2H3,(H,55,56). The van der Waals surface area contributed by atoms with Crippen LogP contribution in [0.1, 0.15) is 65.5 Å². The van der Waals surface area contributed by atoms with Gasteiger partial charge in [0.15, 0.2) is 23.0 Å². The molecule has 3 heterocycles. The number of hydrogen-bond acceptors (Lipinski definition) is 6. The number of allylic oxidation sites excluding steroid dienone is 2. The molecular weight excluding hydrogens is 737 g/mol. The minimum atomic E-state index is -0.310. The summed E-state index contributed by atoms with van der Waals surface area (Å²) in [6.07, 6.45) is 8.38. The Morgan fingerprint density at radius 1 is 0.583 bits per heavy atom. The van der Waals surface area contributed by atoms with E-state index in [2.05, 4.69) is 199 Å². The van der Waals surface area contributed by atoms with Gasteiger partial charge < -0.3 is 19.7 Å². The van der Waals surface area contributed by atoms with Crippen molar-refractivity contribution in [2.75, 3.05) is 4.90 Å². The SMILES string of the molecule is CC1(C)c2ccccc2-c2c1ccc1c2Oc2cccc(-c3ccccc3C3NC(c4ccccc4)=NC(c4ccc(N5c6ccccc6C6C=CC=CC65)cc4)N3)c2O1. The van der Waals surface area contributed by atoms with Crippen LogP contribution in [-0.4, -0.2) is 11.9 Å². The minimum Gasteiger partial charge on any atom is -0.449 e. The Kier molecular flexibility index (Phi) is 7.81. The number of nitrogens with one attached hydrogen (secondary N) is 2. The van der Waals surface area contributed by atoms with E-state index in [1.807, 2.05) is 12.1 Å². The normalized spacial score (nSPS) is 20.9. The van der Waals surface area contributed by atoms with Crippen LogP contribution in [0.15, 0.2) is 187 Å². The van der Waals surface area contributed by atoms with Gasteiger partial charge in [-0.2, -0.15) is 0 Å². The molecule has 0 saturated heterocycles. The first-order chi connectivity index (χ1) is 29.5. The lowest BCUT2D eigenvalue weighted by atomic mass is 9.82. The van der Waals surface area contributed by atoms with E-state index in [1.165, 1.54) is 27.9 Å². The van der Waals surface area contributed by atoms with Crippen LogP contribution in [0, 0.1) is 0 Å². The second-order valence-electron chi connectivity index (χ2n) is 16.7. The third kappa shape index (κ3) is 5.34. The first kappa shape index (κ1) is 34.9. The average molecular weight is 779 g/mol. The van der Waals surface area contributed by atoms with Gasteiger partial charge in [0.25, 0.3) is 0 Å². The molecule has 0 radical (unpaired) electrons. The molecule has 0 fully saturated rings. The summed E-state index contributed by atoms with van der Waals surface area (Å²) in [7, 11) is 0. The summed E-state index contributed by atoms with van der Waals surface area (Å²) in [5.41, 5.74) is 13.7. The van der Waals surface area contributed by atoms with Crippen LogP contribution in [0.4, 0.5) is 11.4 Å². The number of nitrogens with zero attached hydrogens (tertiary/aromatic N) is 2. The van der Waals surface area contributed by atoms with Crippen molar-refractivity contribution >= 4 is 17.2 Å². The predicted molar refractivity (Wildman–Crippen MR) is 241 cm³/mol. The molecule has 7 aromatic rings. The number of benzene rings is 7. The number of anilines is 2. The molecule has 290 valence electrons. The smallest absolute Gasteiger partial charge is 0.178 e. The van der Waals surface area contributed by atoms with Gasteiger partial charge in [-0.05, 0) is 69.3 Å². The van der Waals surface area contributed by atoms with Gasteiger partial charge in [0.1, 0.15) is 18.2 Å². The molecule has 0 bridgehead atoms. The van der Waals surface area contributed by atoms with Crippen LogP contribution < -0.4 is 25.0 Å². The van der Waals surface area contributed by atoms with Crippen molar-refractivity contribution in [3.05, 3.63) is 215 Å². The van der Waals surface area contributed by atoms with Crippen LogP contribution in [0.25, 0.3) is 22.3 Å². The quantitative estimate of drug-likeness (QED) is 0.182. The Labute approximate surface area is 350 Å². The molecule has 6 heteroatoms. The number of hydrogen-bond donors (Lipinski definition) is 2. The first-order valence-electron chi connectivity index (χ1n) is 20.9. The van der Waals surface area contributed by atoms with Gasteiger partial charge in [0.2, 0.25) is 0 Å². The highest BCUT2D eigenvalue weighted by Crippen LogP contribution is 2.59. The molecule has 0 aromatic heterocycles. The van der Waals surface area contributed by atoms with Crippen LogP contribution >= 0.6 is 0 Å². The fraction of sp³-hybridized carbons (Fsp3) is 0.130. The maximum atomic E-state index is 6.90. The highest BCUT2D eigenvalue weighted by atomic mass is 16.6. The minimum absolute atomic E-state index is 0.138. The highest BCUT2D eigenvalue weighted by Gasteiger charge is 2.41. The molecule has 12 rings (SSSR count). The van der Waals surface area contributed by atoms with E-state index in [0.29, 0.717) is 17.4 Å². The lowest BCUT2D eigenvalue weighted by molar-refractivity contribution is 0.361. The molecule has 7 aromatic carbocycles. The van der Waals surface area contributed by atoms with E-state index in [4.69, 9.17) is 14.5 Å². The molecule has 5 aliphatic rings. The Morgan fingerprint density at radius 3 is 2.15 bits per heavy atom. The summed E-state index contributed by atoms with van der Waals surface area (Å²) in [4.78, 5) is 7.76. The molecule has 2 aliphatic carbocycles. The molecule has 0 saturated carbocycles. The fourth-order valence-electron chi connectivity index (χ4n) is 10.1. The third-order valence-corrected chi connectivity index (χ3v) is 13.0. The molecule has 6 nitrogen and oxygen atoms in total. The predicted octanol–water partition coefficient (Wildman–Crippen LogP) is 12.6. The van der Waals surface area contributed by atoms with Gasteiger partial charge in [-0.1, -0.05) is 166 Å². The zero-order chi connectivity index (χ0) is 40.0. The summed E-state index contributed by atoms with van der Waals surface area (Å²) in [6.45, 7) is 4.57. The first-order valence-corrected chi connectivity index (χ1v) is 20.9. The van der Waals surface area contributed by atoms with E-state index >= 15 is 0 Å². The Hall–Kier alpha value is -7.15. The summed E-state index contributed by atoms with van der Waals surface area (Å²) in [5, 5.41) is 7.66. The van der Waals surface area contributed by atoms with Gasteiger partial charge in [-0.25, -0.2) is 4.99 Å². The maximum absolute atomic E-state index is 6.90. The monoisotopic (exact) mass is 778 g/mol. The Morgan fingerprint density at radius 2 is 1.28 bits per heavy atom. The van der Waals surface area contributed by atoms with Crippen molar-refractivity contribution in [1.29, 1.82) is 0 Å². The molecule has 60 heavy (non-hydrogen) atoms. The molecular formula is C54H42N4O2. The molecule has 0 spiro atoms. The van der Waals surface area contributed by atoms with Gasteiger partial charge in [-0.3, -0.25) is 5.32 Å². The topological polar surface area (TPSA) is 58.1 Å². The second kappa shape index (κ2) is 13.4. The Balaban J connectivity index is 0.900. The van der Waals surface area contributed by atoms with E-state index in [0.717, 1.165) is 56.4 Å². The van der Waals surface area contributed by atoms with Crippen LogP contribution in [0.5, 0.6) is 23.0 Å². The van der Waals surface area contributed by atoms with E-state index < -0.39 is 0 Å². The summed E-state index contributed by atoms with van der Waals surface area (Å²) in [5.74, 6) is 4.07. The number of aliphatic imine (C=N–C) groups is 1. The fourth-order valence-corrected chi connectivity index (χ4v) is 10.1. The molecule has 0 amide bonds. The third-order valence-electron chi connectivity index (χ3n) is 13.0. The second-order valence-corrected chi connectivity index (χ2v) is 16.7. The zero-order valence-electron chi connectivity index (χ0n) is 33.3. The number of fused-ring (bicyclic) bond motifs is 9. The van der Waals surface area contributed by atoms with Crippen molar-refractivity contribution in [2.45, 2.75) is 43.6 Å². The summed E-state index contributed by atoms with van der Waals surface area (Å²) < 4.78 is 13.8. The highest BCUT2D eigenvalue weighted by molar-refractivity contribution is 5.99. The van der Waals surface area contributed by atoms with Crippen molar-refractivity contribution in [3.63, 3.8) is 0 Å². The van der Waals surface area contributed by atoms with Crippen LogP contribution in [0.3, 0.4) is 0 Å². The van der Waals surface area contributed by atoms with Crippen molar-refractivity contribution in [2.24, 2.45) is 4.99 Å². The van der Waals surface area contributed by atoms with Crippen molar-refractivity contribution in [1.82, 2.24) is 10.6 Å². The number of ether oxygens (including phenoxy) is 2. The van der Waals surface area contributed by atoms with Crippen molar-refractivity contribution in [3.8, 4) is 45.3 Å². The number of rotatable bonds is 5. The van der Waals surface area contributed by atoms with Crippen LogP contribution in [-0.2, 0) is 5.41 Å². The van der Waals surface area contributed by atoms with E-state index in [9.17, 15) is 0 Å². The molecule has 4 unspecified atom stereocenters. The van der Waals surface area contributed by atoms with Crippen LogP contribution in [0.2, 0.25) is 0 Å². The lowest BCUT2D eigenvalue weighted by Crippen LogP contribution is -2.45. The van der Waals surface area contributed by atoms with Gasteiger partial charge >= 0.3 is 0 Å². The number of amidine groups is 1. The average Bonchev–Trinajstić information content (AvgIpc) is 3.77. The Bertz CT molecular complexity index is 2950. The van der Waals surface area contributed by atoms with E-state index in [-0.39, 0.29) is 23.8 Å². The largest absolute Gasteiger partial charge is 0.449 e.